The Bertz CT molecular complexity index is 964. The number of hydrogen-bond acceptors (Lipinski definition) is 4. The molecule has 0 bridgehead atoms. The summed E-state index contributed by atoms with van der Waals surface area (Å²) in [6.45, 7) is 0. The van der Waals surface area contributed by atoms with Crippen molar-refractivity contribution in [3.05, 3.63) is 76.0 Å². The van der Waals surface area contributed by atoms with Gasteiger partial charge in [-0.2, -0.15) is 0 Å². The number of hydrogen-bond donors (Lipinski definition) is 2. The zero-order valence-electron chi connectivity index (χ0n) is 12.9. The number of anilines is 3. The first-order valence-electron chi connectivity index (χ1n) is 7.24. The fraction of sp³-hybridized carbons (Fsp3) is 0. The van der Waals surface area contributed by atoms with Crippen molar-refractivity contribution in [3.8, 4) is 0 Å². The molecule has 3 aromatic rings. The summed E-state index contributed by atoms with van der Waals surface area (Å²) < 4.78 is 26.7. The largest absolute Gasteiger partial charge is 0.322 e. The second-order valence-corrected chi connectivity index (χ2v) is 5.88. The van der Waals surface area contributed by atoms with Crippen LogP contribution in [0.1, 0.15) is 10.5 Å². The Hall–Kier alpha value is -2.77. The molecule has 0 unspecified atom stereocenters. The summed E-state index contributed by atoms with van der Waals surface area (Å²) in [5.74, 6) is -2.14. The van der Waals surface area contributed by atoms with Gasteiger partial charge in [0.05, 0.1) is 21.4 Å². The Balaban J connectivity index is 1.81. The normalized spacial score (nSPS) is 10.5. The fourth-order valence-electron chi connectivity index (χ4n) is 2.05. The molecule has 0 saturated heterocycles. The van der Waals surface area contributed by atoms with Gasteiger partial charge in [0, 0.05) is 12.3 Å². The Labute approximate surface area is 157 Å². The van der Waals surface area contributed by atoms with Crippen molar-refractivity contribution in [3.63, 3.8) is 0 Å². The van der Waals surface area contributed by atoms with E-state index in [0.717, 1.165) is 12.1 Å². The second-order valence-electron chi connectivity index (χ2n) is 5.07. The van der Waals surface area contributed by atoms with Gasteiger partial charge < -0.3 is 10.6 Å². The van der Waals surface area contributed by atoms with Crippen molar-refractivity contribution in [1.82, 2.24) is 9.97 Å². The molecule has 0 atom stereocenters. The van der Waals surface area contributed by atoms with Gasteiger partial charge in [0.1, 0.15) is 17.3 Å². The first-order chi connectivity index (χ1) is 12.4. The molecule has 0 spiro atoms. The highest BCUT2D eigenvalue weighted by atomic mass is 35.5. The summed E-state index contributed by atoms with van der Waals surface area (Å²) in [6.07, 6.45) is 1.32. The van der Waals surface area contributed by atoms with Crippen molar-refractivity contribution >= 4 is 46.4 Å². The smallest absolute Gasteiger partial charge is 0.274 e. The zero-order valence-corrected chi connectivity index (χ0v) is 14.4. The monoisotopic (exact) mass is 394 g/mol. The van der Waals surface area contributed by atoms with E-state index < -0.39 is 17.5 Å². The van der Waals surface area contributed by atoms with Crippen LogP contribution < -0.4 is 10.6 Å². The highest BCUT2D eigenvalue weighted by Crippen LogP contribution is 2.30. The van der Waals surface area contributed by atoms with Crippen LogP contribution in [-0.4, -0.2) is 15.9 Å². The van der Waals surface area contributed by atoms with Crippen LogP contribution in [0.2, 0.25) is 10.0 Å². The van der Waals surface area contributed by atoms with E-state index in [2.05, 4.69) is 20.6 Å². The minimum absolute atomic E-state index is 0.000932. The first kappa shape index (κ1) is 18.0. The molecule has 0 fully saturated rings. The summed E-state index contributed by atoms with van der Waals surface area (Å²) >= 11 is 12.0. The molecule has 0 aliphatic carbocycles. The maximum atomic E-state index is 13.7. The Kier molecular flexibility index (Phi) is 5.29. The van der Waals surface area contributed by atoms with Crippen LogP contribution in [0.25, 0.3) is 0 Å². The summed E-state index contributed by atoms with van der Waals surface area (Å²) in [5.41, 5.74) is 0.220. The van der Waals surface area contributed by atoms with E-state index in [-0.39, 0.29) is 33.1 Å². The molecule has 132 valence electrons. The SMILES string of the molecule is O=C(Nc1c(Cl)cccc1Cl)c1ccnc(Nc2ccc(F)cc2F)n1. The standard InChI is InChI=1S/C17H10Cl2F2N4O/c18-10-2-1-3-11(19)15(10)25-16(26)14-6-7-22-17(24-14)23-13-5-4-9(20)8-12(13)21/h1-8H,(H,25,26)(H,22,23,24). The fourth-order valence-corrected chi connectivity index (χ4v) is 2.54. The number of para-hydroxylation sites is 1. The van der Waals surface area contributed by atoms with E-state index >= 15 is 0 Å². The van der Waals surface area contributed by atoms with Gasteiger partial charge in [-0.15, -0.1) is 0 Å². The molecule has 9 heteroatoms. The summed E-state index contributed by atoms with van der Waals surface area (Å²) in [6, 6.07) is 9.17. The summed E-state index contributed by atoms with van der Waals surface area (Å²) in [4.78, 5) is 20.3. The minimum atomic E-state index is -0.814. The molecule has 26 heavy (non-hydrogen) atoms. The lowest BCUT2D eigenvalue weighted by Crippen LogP contribution is -2.15. The van der Waals surface area contributed by atoms with Gasteiger partial charge in [-0.3, -0.25) is 4.79 Å². The third-order valence-corrected chi connectivity index (χ3v) is 3.90. The van der Waals surface area contributed by atoms with Gasteiger partial charge in [0.2, 0.25) is 5.95 Å². The van der Waals surface area contributed by atoms with Crippen LogP contribution in [0.5, 0.6) is 0 Å². The van der Waals surface area contributed by atoms with Gasteiger partial charge in [-0.25, -0.2) is 18.7 Å². The van der Waals surface area contributed by atoms with E-state index in [1.165, 1.54) is 18.3 Å². The molecular formula is C17H10Cl2F2N4O. The summed E-state index contributed by atoms with van der Waals surface area (Å²) in [7, 11) is 0. The number of benzene rings is 2. The highest BCUT2D eigenvalue weighted by Gasteiger charge is 2.14. The first-order valence-corrected chi connectivity index (χ1v) is 8.00. The van der Waals surface area contributed by atoms with E-state index in [1.807, 2.05) is 0 Å². The van der Waals surface area contributed by atoms with Gasteiger partial charge in [-0.1, -0.05) is 29.3 Å². The molecule has 0 aliphatic heterocycles. The number of nitrogens with zero attached hydrogens (tertiary/aromatic N) is 2. The van der Waals surface area contributed by atoms with Crippen LogP contribution in [0.3, 0.4) is 0 Å². The van der Waals surface area contributed by atoms with Crippen molar-refractivity contribution in [2.45, 2.75) is 0 Å². The van der Waals surface area contributed by atoms with Crippen LogP contribution in [0, 0.1) is 11.6 Å². The maximum Gasteiger partial charge on any atom is 0.274 e. The maximum absolute atomic E-state index is 13.7. The molecule has 2 aromatic carbocycles. The lowest BCUT2D eigenvalue weighted by atomic mass is 10.3. The van der Waals surface area contributed by atoms with Gasteiger partial charge in [-0.05, 0) is 30.3 Å². The van der Waals surface area contributed by atoms with E-state index in [9.17, 15) is 13.6 Å². The molecule has 0 saturated carbocycles. The van der Waals surface area contributed by atoms with E-state index in [4.69, 9.17) is 23.2 Å². The average Bonchev–Trinajstić information content (AvgIpc) is 2.61. The predicted molar refractivity (Wildman–Crippen MR) is 96.1 cm³/mol. The Morgan fingerprint density at radius 1 is 1.04 bits per heavy atom. The number of aromatic nitrogens is 2. The van der Waals surface area contributed by atoms with Crippen LogP contribution in [-0.2, 0) is 0 Å². The van der Waals surface area contributed by atoms with Crippen LogP contribution >= 0.6 is 23.2 Å². The molecule has 3 rings (SSSR count). The quantitative estimate of drug-likeness (QED) is 0.648. The third kappa shape index (κ3) is 4.07. The number of nitrogens with one attached hydrogen (secondary N) is 2. The second kappa shape index (κ2) is 7.63. The highest BCUT2D eigenvalue weighted by molar-refractivity contribution is 6.40. The predicted octanol–water partition coefficient (Wildman–Crippen LogP) is 5.06. The lowest BCUT2D eigenvalue weighted by molar-refractivity contribution is 0.102. The molecule has 5 nitrogen and oxygen atoms in total. The number of carbonyl (C=O) groups is 1. The molecule has 2 N–H and O–H groups in total. The van der Waals surface area contributed by atoms with Gasteiger partial charge in [0.15, 0.2) is 0 Å². The van der Waals surface area contributed by atoms with E-state index in [0.29, 0.717) is 0 Å². The minimum Gasteiger partial charge on any atom is -0.322 e. The molecule has 1 amide bonds. The van der Waals surface area contributed by atoms with Crippen molar-refractivity contribution in [2.24, 2.45) is 0 Å². The lowest BCUT2D eigenvalue weighted by Gasteiger charge is -2.10. The molecular weight excluding hydrogens is 385 g/mol. The van der Waals surface area contributed by atoms with Crippen LogP contribution in [0.15, 0.2) is 48.7 Å². The molecule has 1 aromatic heterocycles. The Morgan fingerprint density at radius 3 is 2.46 bits per heavy atom. The molecule has 0 radical (unpaired) electrons. The van der Waals surface area contributed by atoms with Gasteiger partial charge in [0.25, 0.3) is 5.91 Å². The number of carbonyl (C=O) groups excluding carboxylic acids is 1. The molecule has 1 heterocycles. The number of rotatable bonds is 4. The number of halogens is 4. The molecule has 0 aliphatic rings. The Morgan fingerprint density at radius 2 is 1.77 bits per heavy atom. The average molecular weight is 395 g/mol. The number of amides is 1. The van der Waals surface area contributed by atoms with Gasteiger partial charge >= 0.3 is 0 Å². The summed E-state index contributed by atoms with van der Waals surface area (Å²) in [5, 5.41) is 5.69. The van der Waals surface area contributed by atoms with Crippen molar-refractivity contribution in [1.29, 1.82) is 0 Å². The topological polar surface area (TPSA) is 66.9 Å². The van der Waals surface area contributed by atoms with Crippen molar-refractivity contribution in [2.75, 3.05) is 10.6 Å². The van der Waals surface area contributed by atoms with Crippen LogP contribution in [0.4, 0.5) is 26.1 Å². The van der Waals surface area contributed by atoms with E-state index in [1.54, 1.807) is 18.2 Å². The third-order valence-electron chi connectivity index (χ3n) is 3.27. The van der Waals surface area contributed by atoms with Crippen molar-refractivity contribution < 1.29 is 13.6 Å². The zero-order chi connectivity index (χ0) is 18.7.